The van der Waals surface area contributed by atoms with Gasteiger partial charge in [-0.25, -0.2) is 4.99 Å². The van der Waals surface area contributed by atoms with Gasteiger partial charge in [-0.05, 0) is 68.1 Å². The fourth-order valence-corrected chi connectivity index (χ4v) is 6.73. The fourth-order valence-electron chi connectivity index (χ4n) is 6.73. The van der Waals surface area contributed by atoms with Crippen molar-refractivity contribution in [2.24, 2.45) is 4.99 Å². The molecule has 0 fully saturated rings. The molecular weight excluding hydrogens is 550 g/mol. The lowest BCUT2D eigenvalue weighted by Gasteiger charge is -2.33. The van der Waals surface area contributed by atoms with E-state index in [-0.39, 0.29) is 12.3 Å². The summed E-state index contributed by atoms with van der Waals surface area (Å²) in [6.07, 6.45) is -0.405. The van der Waals surface area contributed by atoms with Gasteiger partial charge in [-0.2, -0.15) is 0 Å². The Morgan fingerprint density at radius 2 is 1.09 bits per heavy atom. The van der Waals surface area contributed by atoms with Crippen molar-refractivity contribution < 1.29 is 4.42 Å². The van der Waals surface area contributed by atoms with Crippen LogP contribution in [-0.4, -0.2) is 5.84 Å². The van der Waals surface area contributed by atoms with E-state index in [1.54, 1.807) is 0 Å². The number of hydrogen-bond acceptors (Lipinski definition) is 4. The van der Waals surface area contributed by atoms with E-state index in [2.05, 4.69) is 144 Å². The first-order valence-electron chi connectivity index (χ1n) is 15.4. The second kappa shape index (κ2) is 10.5. The topological polar surface area (TPSA) is 49.6 Å². The predicted octanol–water partition coefficient (Wildman–Crippen LogP) is 9.90. The Kier molecular flexibility index (Phi) is 6.00. The highest BCUT2D eigenvalue weighted by molar-refractivity contribution is 6.15. The van der Waals surface area contributed by atoms with E-state index in [4.69, 9.17) is 9.41 Å². The molecule has 9 rings (SSSR count). The minimum atomic E-state index is -0.249. The zero-order chi connectivity index (χ0) is 29.7. The summed E-state index contributed by atoms with van der Waals surface area (Å²) >= 11 is 0. The Bertz CT molecular complexity index is 2420. The molecule has 1 aliphatic rings. The molecule has 2 heterocycles. The Labute approximate surface area is 260 Å². The average molecular weight is 580 g/mol. The van der Waals surface area contributed by atoms with Gasteiger partial charge in [-0.3, -0.25) is 5.32 Å². The molecule has 4 nitrogen and oxygen atoms in total. The zero-order valence-corrected chi connectivity index (χ0v) is 24.4. The Morgan fingerprint density at radius 3 is 1.89 bits per heavy atom. The third-order valence-electron chi connectivity index (χ3n) is 8.93. The van der Waals surface area contributed by atoms with E-state index in [0.717, 1.165) is 55.6 Å². The van der Waals surface area contributed by atoms with Gasteiger partial charge in [0.05, 0.1) is 0 Å². The number of amidine groups is 1. The molecule has 0 aliphatic carbocycles. The van der Waals surface area contributed by atoms with Gasteiger partial charge in [-0.15, -0.1) is 0 Å². The molecule has 0 spiro atoms. The second-order valence-corrected chi connectivity index (χ2v) is 11.7. The van der Waals surface area contributed by atoms with Crippen LogP contribution in [0.3, 0.4) is 0 Å². The Balaban J connectivity index is 1.22. The molecule has 1 aliphatic heterocycles. The largest absolute Gasteiger partial charge is 0.456 e. The zero-order valence-electron chi connectivity index (χ0n) is 24.4. The van der Waals surface area contributed by atoms with Crippen molar-refractivity contribution >= 4 is 49.3 Å². The number of aliphatic imine (C=N–C) groups is 1. The maximum atomic E-state index is 6.26. The third kappa shape index (κ3) is 4.46. The summed E-state index contributed by atoms with van der Waals surface area (Å²) in [5, 5.41) is 14.7. The normalized spacial score (nSPS) is 16.7. The van der Waals surface area contributed by atoms with Crippen LogP contribution >= 0.6 is 0 Å². The van der Waals surface area contributed by atoms with E-state index >= 15 is 0 Å². The van der Waals surface area contributed by atoms with Crippen molar-refractivity contribution in [3.05, 3.63) is 168 Å². The summed E-state index contributed by atoms with van der Waals surface area (Å²) in [4.78, 5) is 5.35. The maximum absolute atomic E-state index is 6.26. The maximum Gasteiger partial charge on any atom is 0.136 e. The quantitative estimate of drug-likeness (QED) is 0.218. The smallest absolute Gasteiger partial charge is 0.136 e. The Morgan fingerprint density at radius 1 is 0.489 bits per heavy atom. The third-order valence-corrected chi connectivity index (χ3v) is 8.93. The molecule has 214 valence electrons. The molecule has 0 bridgehead atoms. The van der Waals surface area contributed by atoms with E-state index < -0.39 is 0 Å². The fraction of sp³-hybridized carbons (Fsp3) is 0.0488. The first kappa shape index (κ1) is 25.8. The van der Waals surface area contributed by atoms with Crippen molar-refractivity contribution in [2.45, 2.75) is 12.3 Å². The van der Waals surface area contributed by atoms with Gasteiger partial charge >= 0.3 is 0 Å². The number of hydrogen-bond donors (Lipinski definition) is 2. The highest BCUT2D eigenvalue weighted by Crippen LogP contribution is 2.38. The van der Waals surface area contributed by atoms with Crippen LogP contribution in [0.25, 0.3) is 54.6 Å². The summed E-state index contributed by atoms with van der Waals surface area (Å²) in [7, 11) is 0. The van der Waals surface area contributed by atoms with Gasteiger partial charge in [0.15, 0.2) is 0 Å². The summed E-state index contributed by atoms with van der Waals surface area (Å²) in [6, 6.07) is 53.4. The van der Waals surface area contributed by atoms with Crippen molar-refractivity contribution in [2.75, 3.05) is 0 Å². The van der Waals surface area contributed by atoms with Crippen LogP contribution in [-0.2, 0) is 0 Å². The van der Waals surface area contributed by atoms with Crippen molar-refractivity contribution in [3.63, 3.8) is 0 Å². The molecule has 2 N–H and O–H groups in total. The van der Waals surface area contributed by atoms with Crippen LogP contribution in [0.15, 0.2) is 161 Å². The summed E-state index contributed by atoms with van der Waals surface area (Å²) in [6.45, 7) is 0. The average Bonchev–Trinajstić information content (AvgIpc) is 3.50. The van der Waals surface area contributed by atoms with Gasteiger partial charge in [0.1, 0.15) is 29.3 Å². The minimum Gasteiger partial charge on any atom is -0.456 e. The number of benzene rings is 7. The molecule has 4 heteroatoms. The predicted molar refractivity (Wildman–Crippen MR) is 185 cm³/mol. The molecule has 0 radical (unpaired) electrons. The number of furan rings is 1. The lowest BCUT2D eigenvalue weighted by molar-refractivity contribution is 0.409. The summed E-state index contributed by atoms with van der Waals surface area (Å²) < 4.78 is 6.26. The van der Waals surface area contributed by atoms with Crippen molar-refractivity contribution in [1.29, 1.82) is 0 Å². The van der Waals surface area contributed by atoms with Gasteiger partial charge in [0.25, 0.3) is 0 Å². The van der Waals surface area contributed by atoms with E-state index in [9.17, 15) is 0 Å². The van der Waals surface area contributed by atoms with Crippen LogP contribution < -0.4 is 10.6 Å². The first-order valence-corrected chi connectivity index (χ1v) is 15.4. The SMILES string of the molecule is c1ccc(-c2cccc3oc4ccccc4c23)c(C2=NC(c3ccc4ccccc4c3)NC(c3ccc4ccccc4c3)N2)c1. The molecule has 2 unspecified atom stereocenters. The second-order valence-electron chi connectivity index (χ2n) is 11.7. The molecule has 0 saturated carbocycles. The van der Waals surface area contributed by atoms with E-state index in [1.165, 1.54) is 21.5 Å². The molecule has 0 amide bonds. The van der Waals surface area contributed by atoms with Gasteiger partial charge in [0, 0.05) is 16.3 Å². The van der Waals surface area contributed by atoms with Crippen LogP contribution in [0.2, 0.25) is 0 Å². The highest BCUT2D eigenvalue weighted by atomic mass is 16.3. The summed E-state index contributed by atoms with van der Waals surface area (Å²) in [5.74, 6) is 0.852. The molecule has 1 aromatic heterocycles. The van der Waals surface area contributed by atoms with Crippen LogP contribution in [0.5, 0.6) is 0 Å². The standard InChI is InChI=1S/C41H29N3O/c1-3-12-28-24-30(22-20-26(28)10-1)39-42-40(31-23-21-27-11-2-4-13-29(27)25-31)44-41(43-39)34-15-6-5-14-32(34)33-17-9-19-37-38(33)35-16-7-8-18-36(35)45-37/h1-25,39-40,42H,(H,43,44). The summed E-state index contributed by atoms with van der Waals surface area (Å²) in [5.41, 5.74) is 7.34. The van der Waals surface area contributed by atoms with Gasteiger partial charge in [-0.1, -0.05) is 127 Å². The number of fused-ring (bicyclic) bond motifs is 5. The molecule has 8 aromatic rings. The van der Waals surface area contributed by atoms with Crippen LogP contribution in [0, 0.1) is 0 Å². The van der Waals surface area contributed by atoms with Crippen molar-refractivity contribution in [3.8, 4) is 11.1 Å². The van der Waals surface area contributed by atoms with Crippen molar-refractivity contribution in [1.82, 2.24) is 10.6 Å². The molecule has 0 saturated heterocycles. The van der Waals surface area contributed by atoms with E-state index in [0.29, 0.717) is 0 Å². The minimum absolute atomic E-state index is 0.155. The van der Waals surface area contributed by atoms with Crippen LogP contribution in [0.4, 0.5) is 0 Å². The van der Waals surface area contributed by atoms with Gasteiger partial charge in [0.2, 0.25) is 0 Å². The highest BCUT2D eigenvalue weighted by Gasteiger charge is 2.27. The Hall–Kier alpha value is -5.71. The molecule has 2 atom stereocenters. The monoisotopic (exact) mass is 579 g/mol. The number of nitrogens with one attached hydrogen (secondary N) is 2. The lowest BCUT2D eigenvalue weighted by atomic mass is 9.94. The molecule has 7 aromatic carbocycles. The van der Waals surface area contributed by atoms with Crippen LogP contribution in [0.1, 0.15) is 29.0 Å². The number of para-hydroxylation sites is 1. The molecular formula is C41H29N3O. The first-order chi connectivity index (χ1) is 22.3. The van der Waals surface area contributed by atoms with E-state index in [1.807, 2.05) is 18.2 Å². The lowest BCUT2D eigenvalue weighted by Crippen LogP contribution is -2.45. The van der Waals surface area contributed by atoms with Gasteiger partial charge < -0.3 is 9.73 Å². The molecule has 45 heavy (non-hydrogen) atoms. The number of rotatable bonds is 4. The number of nitrogens with zero attached hydrogens (tertiary/aromatic N) is 1.